The first-order valence-electron chi connectivity index (χ1n) is 10.6. The first-order chi connectivity index (χ1) is 14.9. The molecule has 0 saturated heterocycles. The van der Waals surface area contributed by atoms with Gasteiger partial charge in [0.1, 0.15) is 11.6 Å². The standard InChI is InChI=1S/C25H30ClN5/c1-5-6-7-13-31(19(4)29-24-15-17(2)14-18(3)28-24)25-22(27)11-12-23(30-25)20-9-8-10-21(26)16-20/h8-12,14-16H,4-7,13,27H2,1-3H3,(H,28,29). The fourth-order valence-electron chi connectivity index (χ4n) is 3.49. The van der Waals surface area contributed by atoms with Crippen molar-refractivity contribution in [2.45, 2.75) is 40.0 Å². The number of pyridine rings is 2. The van der Waals surface area contributed by atoms with Crippen LogP contribution in [0.4, 0.5) is 17.3 Å². The normalized spacial score (nSPS) is 10.7. The van der Waals surface area contributed by atoms with E-state index in [0.717, 1.165) is 54.1 Å². The molecule has 31 heavy (non-hydrogen) atoms. The zero-order valence-corrected chi connectivity index (χ0v) is 19.2. The average molecular weight is 436 g/mol. The summed E-state index contributed by atoms with van der Waals surface area (Å²) in [6.07, 6.45) is 3.23. The maximum Gasteiger partial charge on any atom is 0.158 e. The fraction of sp³-hybridized carbons (Fsp3) is 0.280. The molecule has 2 aromatic heterocycles. The molecule has 2 heterocycles. The van der Waals surface area contributed by atoms with Gasteiger partial charge in [0.25, 0.3) is 0 Å². The lowest BCUT2D eigenvalue weighted by molar-refractivity contribution is 0.703. The van der Waals surface area contributed by atoms with Crippen LogP contribution in [0.5, 0.6) is 0 Å². The van der Waals surface area contributed by atoms with Crippen LogP contribution in [0, 0.1) is 13.8 Å². The first-order valence-corrected chi connectivity index (χ1v) is 11.0. The number of aromatic nitrogens is 2. The van der Waals surface area contributed by atoms with Gasteiger partial charge in [0, 0.05) is 22.8 Å². The summed E-state index contributed by atoms with van der Waals surface area (Å²) in [4.78, 5) is 11.5. The van der Waals surface area contributed by atoms with Crippen LogP contribution in [0.2, 0.25) is 5.02 Å². The molecular formula is C25H30ClN5. The Morgan fingerprint density at radius 2 is 1.90 bits per heavy atom. The molecule has 3 aromatic rings. The number of nitrogen functional groups attached to an aromatic ring is 1. The summed E-state index contributed by atoms with van der Waals surface area (Å²) in [5.74, 6) is 2.12. The third-order valence-electron chi connectivity index (χ3n) is 4.96. The molecule has 0 amide bonds. The van der Waals surface area contributed by atoms with Gasteiger partial charge in [0.15, 0.2) is 5.82 Å². The van der Waals surface area contributed by atoms with E-state index in [1.54, 1.807) is 0 Å². The number of nitrogens with two attached hydrogens (primary N) is 1. The first kappa shape index (κ1) is 22.6. The minimum absolute atomic E-state index is 0.596. The van der Waals surface area contributed by atoms with Crippen molar-refractivity contribution >= 4 is 28.9 Å². The Labute approximate surface area is 190 Å². The molecule has 5 nitrogen and oxygen atoms in total. The number of halogens is 1. The third-order valence-corrected chi connectivity index (χ3v) is 5.20. The van der Waals surface area contributed by atoms with Crippen LogP contribution >= 0.6 is 11.6 Å². The largest absolute Gasteiger partial charge is 0.396 e. The Hall–Kier alpha value is -3.05. The van der Waals surface area contributed by atoms with Gasteiger partial charge in [-0.05, 0) is 62.2 Å². The zero-order valence-electron chi connectivity index (χ0n) is 18.5. The average Bonchev–Trinajstić information content (AvgIpc) is 2.71. The van der Waals surface area contributed by atoms with Crippen LogP contribution < -0.4 is 16.0 Å². The number of nitrogens with one attached hydrogen (secondary N) is 1. The smallest absolute Gasteiger partial charge is 0.158 e. The van der Waals surface area contributed by atoms with Gasteiger partial charge in [-0.3, -0.25) is 0 Å². The van der Waals surface area contributed by atoms with Crippen molar-refractivity contribution in [3.63, 3.8) is 0 Å². The van der Waals surface area contributed by atoms with Crippen LogP contribution in [-0.2, 0) is 0 Å². The summed E-state index contributed by atoms with van der Waals surface area (Å²) in [6, 6.07) is 15.5. The molecule has 3 rings (SSSR count). The van der Waals surface area contributed by atoms with E-state index in [0.29, 0.717) is 22.3 Å². The summed E-state index contributed by atoms with van der Waals surface area (Å²) < 4.78 is 0. The molecule has 0 unspecified atom stereocenters. The van der Waals surface area contributed by atoms with Gasteiger partial charge in [-0.25, -0.2) is 9.97 Å². The minimum atomic E-state index is 0.596. The minimum Gasteiger partial charge on any atom is -0.396 e. The van der Waals surface area contributed by atoms with Crippen molar-refractivity contribution in [2.24, 2.45) is 0 Å². The summed E-state index contributed by atoms with van der Waals surface area (Å²) in [6.45, 7) is 11.2. The number of aryl methyl sites for hydroxylation is 2. The van der Waals surface area contributed by atoms with Gasteiger partial charge in [-0.1, -0.05) is 50.1 Å². The van der Waals surface area contributed by atoms with Crippen LogP contribution in [0.3, 0.4) is 0 Å². The van der Waals surface area contributed by atoms with Crippen molar-refractivity contribution in [3.8, 4) is 11.3 Å². The fourth-order valence-corrected chi connectivity index (χ4v) is 3.68. The summed E-state index contributed by atoms with van der Waals surface area (Å²) in [5.41, 5.74) is 10.8. The number of anilines is 3. The molecule has 0 radical (unpaired) electrons. The Kier molecular flexibility index (Phi) is 7.53. The Bertz CT molecular complexity index is 1040. The number of unbranched alkanes of at least 4 members (excludes halogenated alkanes) is 2. The highest BCUT2D eigenvalue weighted by Crippen LogP contribution is 2.30. The van der Waals surface area contributed by atoms with Gasteiger partial charge in [-0.15, -0.1) is 0 Å². The second kappa shape index (κ2) is 10.3. The number of benzene rings is 1. The van der Waals surface area contributed by atoms with E-state index in [9.17, 15) is 0 Å². The highest BCUT2D eigenvalue weighted by Gasteiger charge is 2.17. The van der Waals surface area contributed by atoms with Gasteiger partial charge in [0.05, 0.1) is 11.4 Å². The SMILES string of the molecule is C=C(Nc1cc(C)cc(C)n1)N(CCCCC)c1nc(-c2cccc(Cl)c2)ccc1N. The zero-order chi connectivity index (χ0) is 22.4. The van der Waals surface area contributed by atoms with Gasteiger partial charge < -0.3 is 16.0 Å². The molecule has 162 valence electrons. The van der Waals surface area contributed by atoms with Crippen molar-refractivity contribution in [1.82, 2.24) is 9.97 Å². The predicted molar refractivity (Wildman–Crippen MR) is 132 cm³/mol. The summed E-state index contributed by atoms with van der Waals surface area (Å²) in [5, 5.41) is 4.02. The maximum atomic E-state index is 6.37. The van der Waals surface area contributed by atoms with Crippen molar-refractivity contribution in [3.05, 3.63) is 77.2 Å². The van der Waals surface area contributed by atoms with E-state index in [-0.39, 0.29) is 0 Å². The second-order valence-electron chi connectivity index (χ2n) is 7.72. The van der Waals surface area contributed by atoms with Gasteiger partial charge in [0.2, 0.25) is 0 Å². The monoisotopic (exact) mass is 435 g/mol. The van der Waals surface area contributed by atoms with Crippen LogP contribution in [0.1, 0.15) is 37.4 Å². The maximum absolute atomic E-state index is 6.37. The second-order valence-corrected chi connectivity index (χ2v) is 8.16. The Morgan fingerprint density at radius 3 is 2.61 bits per heavy atom. The molecular weight excluding hydrogens is 406 g/mol. The molecule has 3 N–H and O–H groups in total. The van der Waals surface area contributed by atoms with Gasteiger partial charge in [-0.2, -0.15) is 0 Å². The number of nitrogens with zero attached hydrogens (tertiary/aromatic N) is 3. The summed E-state index contributed by atoms with van der Waals surface area (Å²) >= 11 is 6.19. The van der Waals surface area contributed by atoms with Crippen molar-refractivity contribution in [1.29, 1.82) is 0 Å². The lowest BCUT2D eigenvalue weighted by atomic mass is 10.1. The topological polar surface area (TPSA) is 67.1 Å². The lowest BCUT2D eigenvalue weighted by Crippen LogP contribution is -2.29. The number of hydrogen-bond donors (Lipinski definition) is 2. The van der Waals surface area contributed by atoms with Crippen molar-refractivity contribution < 1.29 is 0 Å². The molecule has 0 aliphatic rings. The van der Waals surface area contributed by atoms with Crippen LogP contribution in [0.15, 0.2) is 60.9 Å². The third kappa shape index (κ3) is 5.98. The molecule has 0 saturated carbocycles. The van der Waals surface area contributed by atoms with E-state index in [1.807, 2.05) is 60.4 Å². The predicted octanol–water partition coefficient (Wildman–Crippen LogP) is 6.58. The molecule has 6 heteroatoms. The van der Waals surface area contributed by atoms with Crippen LogP contribution in [0.25, 0.3) is 11.3 Å². The van der Waals surface area contributed by atoms with E-state index < -0.39 is 0 Å². The Morgan fingerprint density at radius 1 is 1.10 bits per heavy atom. The molecule has 0 aliphatic heterocycles. The highest BCUT2D eigenvalue weighted by atomic mass is 35.5. The molecule has 0 atom stereocenters. The molecule has 0 spiro atoms. The lowest BCUT2D eigenvalue weighted by Gasteiger charge is -2.28. The quantitative estimate of drug-likeness (QED) is 0.372. The highest BCUT2D eigenvalue weighted by molar-refractivity contribution is 6.30. The molecule has 0 fully saturated rings. The van der Waals surface area contributed by atoms with Crippen LogP contribution in [-0.4, -0.2) is 16.5 Å². The molecule has 0 bridgehead atoms. The Balaban J connectivity index is 1.95. The molecule has 1 aromatic carbocycles. The van der Waals surface area contributed by atoms with Gasteiger partial charge >= 0.3 is 0 Å². The van der Waals surface area contributed by atoms with E-state index in [2.05, 4.69) is 30.7 Å². The van der Waals surface area contributed by atoms with E-state index in [1.165, 1.54) is 0 Å². The van der Waals surface area contributed by atoms with Crippen molar-refractivity contribution in [2.75, 3.05) is 22.5 Å². The molecule has 0 aliphatic carbocycles. The number of rotatable bonds is 9. The van der Waals surface area contributed by atoms with E-state index in [4.69, 9.17) is 22.3 Å². The van der Waals surface area contributed by atoms with E-state index >= 15 is 0 Å². The number of hydrogen-bond acceptors (Lipinski definition) is 5. The summed E-state index contributed by atoms with van der Waals surface area (Å²) in [7, 11) is 0.